The highest BCUT2D eigenvalue weighted by Gasteiger charge is 2.52. The highest BCUT2D eigenvalue weighted by atomic mass is 32.2. The third-order valence-electron chi connectivity index (χ3n) is 4.25. The molecule has 0 radical (unpaired) electrons. The van der Waals surface area contributed by atoms with E-state index in [0.29, 0.717) is 0 Å². The van der Waals surface area contributed by atoms with Crippen LogP contribution in [0.25, 0.3) is 10.8 Å². The van der Waals surface area contributed by atoms with Crippen LogP contribution in [0.5, 0.6) is 0 Å². The summed E-state index contributed by atoms with van der Waals surface area (Å²) in [5.74, 6) is -0.604. The Morgan fingerprint density at radius 1 is 1.31 bits per heavy atom. The summed E-state index contributed by atoms with van der Waals surface area (Å²) in [6, 6.07) is 3.48. The average Bonchev–Trinajstić information content (AvgIpc) is 2.95. The number of benzene rings is 2. The van der Waals surface area contributed by atoms with Gasteiger partial charge in [0, 0.05) is 6.54 Å². The maximum absolute atomic E-state index is 14.1. The fourth-order valence-corrected chi connectivity index (χ4v) is 4.02. The van der Waals surface area contributed by atoms with Gasteiger partial charge >= 0.3 is 22.7 Å². The number of nitrogens with zero attached hydrogens (tertiary/aromatic N) is 1. The zero-order valence-electron chi connectivity index (χ0n) is 13.3. The quantitative estimate of drug-likeness (QED) is 0.534. The molecule has 0 unspecified atom stereocenters. The molecule has 12 heteroatoms. The summed E-state index contributed by atoms with van der Waals surface area (Å²) < 4.78 is 76.3. The fraction of sp³-hybridized carbons (Fsp3) is 0.286. The Kier molecular flexibility index (Phi) is 4.42. The predicted molar refractivity (Wildman–Crippen MR) is 87.4 cm³/mol. The number of rotatable bonds is 3. The first-order chi connectivity index (χ1) is 12.0. The maximum atomic E-state index is 14.1. The molecule has 0 spiro atoms. The first-order valence-corrected chi connectivity index (χ1v) is 8.92. The van der Waals surface area contributed by atoms with Crippen LogP contribution in [-0.4, -0.2) is 31.1 Å². The minimum atomic E-state index is -5.74. The number of halogens is 4. The van der Waals surface area contributed by atoms with Crippen molar-refractivity contribution in [2.24, 2.45) is 0 Å². The van der Waals surface area contributed by atoms with Crippen LogP contribution in [-0.2, 0) is 23.0 Å². The molecule has 0 saturated carbocycles. The molecule has 140 valence electrons. The highest BCUT2D eigenvalue weighted by molar-refractivity contribution is 7.93. The molecule has 6 nitrogen and oxygen atoms in total. The molecule has 3 rings (SSSR count). The lowest BCUT2D eigenvalue weighted by molar-refractivity contribution is -0.0440. The van der Waals surface area contributed by atoms with Crippen molar-refractivity contribution < 1.29 is 36.0 Å². The number of hydrogen-bond donors (Lipinski definition) is 3. The molecule has 3 N–H and O–H groups in total. The number of anilines is 1. The standard InChI is InChI=1S/C14H13BF4N2O4S/c1-2-8-10(16)4-3-7-5-11-9(13(12(7)8)15(22)23)6-20-21(11)26(24,25)14(17,18)19/h3-5,20,22-23H,2,6H2,1H3. The highest BCUT2D eigenvalue weighted by Crippen LogP contribution is 2.37. The van der Waals surface area contributed by atoms with Crippen LogP contribution in [0, 0.1) is 5.82 Å². The van der Waals surface area contributed by atoms with Crippen LogP contribution in [0.15, 0.2) is 18.2 Å². The van der Waals surface area contributed by atoms with Crippen molar-refractivity contribution in [1.82, 2.24) is 5.43 Å². The summed E-state index contributed by atoms with van der Waals surface area (Å²) in [5.41, 5.74) is -3.95. The van der Waals surface area contributed by atoms with Crippen molar-refractivity contribution in [3.63, 3.8) is 0 Å². The molecule has 2 aromatic carbocycles. The molecular formula is C14H13BF4N2O4S. The Hall–Kier alpha value is -1.89. The van der Waals surface area contributed by atoms with Crippen LogP contribution in [0.2, 0.25) is 0 Å². The van der Waals surface area contributed by atoms with E-state index < -0.39 is 35.0 Å². The summed E-state index contributed by atoms with van der Waals surface area (Å²) in [4.78, 5) is 0. The van der Waals surface area contributed by atoms with E-state index in [1.54, 1.807) is 6.92 Å². The summed E-state index contributed by atoms with van der Waals surface area (Å²) in [7, 11) is -7.87. The second-order valence-electron chi connectivity index (χ2n) is 5.69. The van der Waals surface area contributed by atoms with Crippen LogP contribution < -0.4 is 15.3 Å². The smallest absolute Gasteiger partial charge is 0.423 e. The Balaban J connectivity index is 2.37. The van der Waals surface area contributed by atoms with Crippen molar-refractivity contribution in [2.75, 3.05) is 4.41 Å². The Morgan fingerprint density at radius 2 is 1.96 bits per heavy atom. The van der Waals surface area contributed by atoms with E-state index in [4.69, 9.17) is 0 Å². The number of fused-ring (bicyclic) bond motifs is 2. The van der Waals surface area contributed by atoms with Gasteiger partial charge < -0.3 is 10.0 Å². The maximum Gasteiger partial charge on any atom is 0.518 e. The SMILES string of the molecule is CCc1c(F)ccc2cc3c(c(B(O)O)c12)CNN3S(=O)(=O)C(F)(F)F. The second kappa shape index (κ2) is 6.08. The minimum Gasteiger partial charge on any atom is -0.423 e. The van der Waals surface area contributed by atoms with Gasteiger partial charge in [0.1, 0.15) is 5.82 Å². The van der Waals surface area contributed by atoms with Gasteiger partial charge in [0.25, 0.3) is 0 Å². The molecule has 0 fully saturated rings. The third kappa shape index (κ3) is 2.64. The van der Waals surface area contributed by atoms with Gasteiger partial charge in [0.15, 0.2) is 0 Å². The van der Waals surface area contributed by atoms with Gasteiger partial charge in [-0.15, -0.1) is 0 Å². The van der Waals surface area contributed by atoms with Crippen molar-refractivity contribution in [3.8, 4) is 0 Å². The number of aryl methyl sites for hydroxylation is 1. The second-order valence-corrected chi connectivity index (χ2v) is 7.47. The molecule has 26 heavy (non-hydrogen) atoms. The minimum absolute atomic E-state index is 0.0391. The molecule has 1 heterocycles. The van der Waals surface area contributed by atoms with Crippen molar-refractivity contribution in [2.45, 2.75) is 25.4 Å². The van der Waals surface area contributed by atoms with Gasteiger partial charge in [-0.1, -0.05) is 13.0 Å². The first kappa shape index (κ1) is 18.9. The lowest BCUT2D eigenvalue weighted by Crippen LogP contribution is -2.45. The van der Waals surface area contributed by atoms with E-state index >= 15 is 0 Å². The van der Waals surface area contributed by atoms with E-state index in [0.717, 1.165) is 12.1 Å². The first-order valence-electron chi connectivity index (χ1n) is 7.48. The average molecular weight is 392 g/mol. The number of alkyl halides is 3. The van der Waals surface area contributed by atoms with E-state index in [9.17, 15) is 36.0 Å². The fourth-order valence-electron chi connectivity index (χ4n) is 3.15. The van der Waals surface area contributed by atoms with E-state index in [1.165, 1.54) is 6.07 Å². The number of hydrazine groups is 1. The van der Waals surface area contributed by atoms with Gasteiger partial charge in [0.2, 0.25) is 0 Å². The molecule has 0 amide bonds. The number of hydrogen-bond acceptors (Lipinski definition) is 5. The zero-order chi connectivity index (χ0) is 19.4. The van der Waals surface area contributed by atoms with Gasteiger partial charge in [-0.25, -0.2) is 9.82 Å². The predicted octanol–water partition coefficient (Wildman–Crippen LogP) is 0.895. The largest absolute Gasteiger partial charge is 0.518 e. The van der Waals surface area contributed by atoms with Crippen LogP contribution in [0.1, 0.15) is 18.1 Å². The molecular weight excluding hydrogens is 379 g/mol. The Bertz CT molecular complexity index is 995. The molecule has 0 aromatic heterocycles. The van der Waals surface area contributed by atoms with Crippen molar-refractivity contribution >= 4 is 39.1 Å². The lowest BCUT2D eigenvalue weighted by atomic mass is 9.72. The molecule has 1 aliphatic heterocycles. The van der Waals surface area contributed by atoms with Crippen molar-refractivity contribution in [1.29, 1.82) is 0 Å². The molecule has 1 aliphatic rings. The number of sulfonamides is 1. The lowest BCUT2D eigenvalue weighted by Gasteiger charge is -2.22. The number of nitrogens with one attached hydrogen (secondary N) is 1. The van der Waals surface area contributed by atoms with Gasteiger partial charge in [-0.05, 0) is 45.9 Å². The van der Waals surface area contributed by atoms with Crippen molar-refractivity contribution in [3.05, 3.63) is 35.1 Å². The molecule has 2 aromatic rings. The van der Waals surface area contributed by atoms with E-state index in [1.807, 2.05) is 0 Å². The van der Waals surface area contributed by atoms with Crippen LogP contribution in [0.3, 0.4) is 0 Å². The topological polar surface area (TPSA) is 89.9 Å². The van der Waals surface area contributed by atoms with Gasteiger partial charge in [-0.2, -0.15) is 26.0 Å². The van der Waals surface area contributed by atoms with Gasteiger partial charge in [-0.3, -0.25) is 0 Å². The van der Waals surface area contributed by atoms with E-state index in [2.05, 4.69) is 5.43 Å². The molecule has 0 bridgehead atoms. The normalized spacial score (nSPS) is 14.8. The molecule has 0 aliphatic carbocycles. The molecule has 0 saturated heterocycles. The monoisotopic (exact) mass is 392 g/mol. The summed E-state index contributed by atoms with van der Waals surface area (Å²) in [6.07, 6.45) is 0.194. The summed E-state index contributed by atoms with van der Waals surface area (Å²) in [5, 5.41) is 19.9. The summed E-state index contributed by atoms with van der Waals surface area (Å²) >= 11 is 0. The van der Waals surface area contributed by atoms with Crippen LogP contribution in [0.4, 0.5) is 23.2 Å². The van der Waals surface area contributed by atoms with E-state index in [-0.39, 0.29) is 43.9 Å². The zero-order valence-corrected chi connectivity index (χ0v) is 14.1. The summed E-state index contributed by atoms with van der Waals surface area (Å²) in [6.45, 7) is 1.24. The van der Waals surface area contributed by atoms with Crippen LogP contribution >= 0.6 is 0 Å². The molecule has 0 atom stereocenters. The third-order valence-corrected chi connectivity index (χ3v) is 5.64. The Morgan fingerprint density at radius 3 is 2.50 bits per heavy atom. The Labute approximate surface area is 146 Å². The van der Waals surface area contributed by atoms with Gasteiger partial charge in [0.05, 0.1) is 5.69 Å².